The molecule has 0 spiro atoms. The lowest BCUT2D eigenvalue weighted by Crippen LogP contribution is -2.62. The van der Waals surface area contributed by atoms with E-state index in [4.69, 9.17) is 4.74 Å². The number of pyridine rings is 1. The number of aryl methyl sites for hydroxylation is 1. The molecule has 2 aromatic rings. The second-order valence-electron chi connectivity index (χ2n) is 8.11. The number of methoxy groups -OCH3 is 1. The Labute approximate surface area is 176 Å². The average Bonchev–Trinajstić information content (AvgIpc) is 2.75. The van der Waals surface area contributed by atoms with Gasteiger partial charge < -0.3 is 14.2 Å². The third-order valence-corrected chi connectivity index (χ3v) is 6.04. The summed E-state index contributed by atoms with van der Waals surface area (Å²) in [4.78, 5) is 42.2. The standard InChI is InChI=1S/C23H29N3O4/c1-23(22(29)30-4)15-18(25(3)16-17-9-6-5-7-10-17)12-14-26(23)21(28)19-11-8-13-24(2)20(19)27/h5-11,13,18H,12,14-16H2,1-4H3. The van der Waals surface area contributed by atoms with Crippen LogP contribution in [0.25, 0.3) is 0 Å². The summed E-state index contributed by atoms with van der Waals surface area (Å²) in [5.41, 5.74) is -0.282. The SMILES string of the molecule is COC(=O)C1(C)CC(N(C)Cc2ccccc2)CCN1C(=O)c1cccn(C)c1=O. The lowest BCUT2D eigenvalue weighted by atomic mass is 9.84. The number of ether oxygens (including phenoxy) is 1. The van der Waals surface area contributed by atoms with Crippen LogP contribution in [-0.4, -0.2) is 58.5 Å². The Balaban J connectivity index is 1.86. The topological polar surface area (TPSA) is 71.8 Å². The van der Waals surface area contributed by atoms with Crippen LogP contribution in [0, 0.1) is 0 Å². The van der Waals surface area contributed by atoms with E-state index in [0.29, 0.717) is 19.4 Å². The molecule has 1 saturated heterocycles. The minimum Gasteiger partial charge on any atom is -0.467 e. The van der Waals surface area contributed by atoms with Gasteiger partial charge in [0.05, 0.1) is 7.11 Å². The summed E-state index contributed by atoms with van der Waals surface area (Å²) in [5.74, 6) is -0.908. The second-order valence-corrected chi connectivity index (χ2v) is 8.11. The van der Waals surface area contributed by atoms with Gasteiger partial charge in [0, 0.05) is 32.4 Å². The molecule has 3 rings (SSSR count). The Morgan fingerprint density at radius 2 is 1.90 bits per heavy atom. The number of esters is 1. The Hall–Kier alpha value is -2.93. The number of nitrogens with zero attached hydrogens (tertiary/aromatic N) is 3. The van der Waals surface area contributed by atoms with Crippen LogP contribution in [-0.2, 0) is 23.1 Å². The first-order valence-corrected chi connectivity index (χ1v) is 10.1. The van der Waals surface area contributed by atoms with Crippen LogP contribution in [0.15, 0.2) is 53.5 Å². The lowest BCUT2D eigenvalue weighted by molar-refractivity contribution is -0.156. The van der Waals surface area contributed by atoms with Crippen molar-refractivity contribution in [2.24, 2.45) is 7.05 Å². The largest absolute Gasteiger partial charge is 0.467 e. The molecule has 7 nitrogen and oxygen atoms in total. The summed E-state index contributed by atoms with van der Waals surface area (Å²) in [7, 11) is 4.96. The van der Waals surface area contributed by atoms with Crippen molar-refractivity contribution in [1.82, 2.24) is 14.4 Å². The molecule has 1 aliphatic heterocycles. The van der Waals surface area contributed by atoms with Crippen molar-refractivity contribution in [3.8, 4) is 0 Å². The first kappa shape index (κ1) is 21.8. The van der Waals surface area contributed by atoms with Crippen LogP contribution in [0.5, 0.6) is 0 Å². The third-order valence-electron chi connectivity index (χ3n) is 6.04. The zero-order valence-electron chi connectivity index (χ0n) is 18.0. The summed E-state index contributed by atoms with van der Waals surface area (Å²) in [5, 5.41) is 0. The molecule has 7 heteroatoms. The molecule has 1 aliphatic rings. The first-order valence-electron chi connectivity index (χ1n) is 10.1. The monoisotopic (exact) mass is 411 g/mol. The van der Waals surface area contributed by atoms with Gasteiger partial charge in [-0.05, 0) is 44.5 Å². The van der Waals surface area contributed by atoms with Gasteiger partial charge in [-0.15, -0.1) is 0 Å². The van der Waals surface area contributed by atoms with Crippen LogP contribution in [0.4, 0.5) is 0 Å². The number of aromatic nitrogens is 1. The molecule has 160 valence electrons. The highest BCUT2D eigenvalue weighted by molar-refractivity contribution is 5.98. The van der Waals surface area contributed by atoms with Crippen LogP contribution in [0.2, 0.25) is 0 Å². The number of likely N-dealkylation sites (tertiary alicyclic amines) is 1. The normalized spacial score (nSPS) is 21.5. The Bertz CT molecular complexity index is 972. The maximum atomic E-state index is 13.3. The highest BCUT2D eigenvalue weighted by atomic mass is 16.5. The van der Waals surface area contributed by atoms with Gasteiger partial charge in [0.25, 0.3) is 11.5 Å². The van der Waals surface area contributed by atoms with Gasteiger partial charge >= 0.3 is 5.97 Å². The summed E-state index contributed by atoms with van der Waals surface area (Å²) in [6.07, 6.45) is 2.74. The number of rotatable bonds is 5. The quantitative estimate of drug-likeness (QED) is 0.705. The van der Waals surface area contributed by atoms with Gasteiger partial charge in [-0.1, -0.05) is 30.3 Å². The molecule has 0 bridgehead atoms. The van der Waals surface area contributed by atoms with Gasteiger partial charge in [-0.25, -0.2) is 4.79 Å². The van der Waals surface area contributed by atoms with E-state index in [9.17, 15) is 14.4 Å². The molecule has 0 radical (unpaired) electrons. The third kappa shape index (κ3) is 4.16. The van der Waals surface area contributed by atoms with Crippen molar-refractivity contribution in [1.29, 1.82) is 0 Å². The van der Waals surface area contributed by atoms with Gasteiger partial charge in [-0.2, -0.15) is 0 Å². The first-order chi connectivity index (χ1) is 14.3. The summed E-state index contributed by atoms with van der Waals surface area (Å²) in [6, 6.07) is 13.4. The molecule has 2 unspecified atom stereocenters. The number of hydrogen-bond acceptors (Lipinski definition) is 5. The van der Waals surface area contributed by atoms with E-state index < -0.39 is 17.4 Å². The molecule has 1 aromatic carbocycles. The fourth-order valence-corrected chi connectivity index (χ4v) is 4.22. The van der Waals surface area contributed by atoms with E-state index in [0.717, 1.165) is 6.54 Å². The predicted octanol–water partition coefficient (Wildman–Crippen LogP) is 2.05. The maximum Gasteiger partial charge on any atom is 0.331 e. The Kier molecular flexibility index (Phi) is 6.41. The Morgan fingerprint density at radius 1 is 1.20 bits per heavy atom. The van der Waals surface area contributed by atoms with Crippen molar-refractivity contribution in [3.05, 3.63) is 70.1 Å². The number of benzene rings is 1. The number of hydrogen-bond donors (Lipinski definition) is 0. The molecular formula is C23H29N3O4. The van der Waals surface area contributed by atoms with Crippen molar-refractivity contribution in [3.63, 3.8) is 0 Å². The fraction of sp³-hybridized carbons (Fsp3) is 0.435. The van der Waals surface area contributed by atoms with Gasteiger partial charge in [0.2, 0.25) is 0 Å². The van der Waals surface area contributed by atoms with E-state index in [1.165, 1.54) is 28.2 Å². The van der Waals surface area contributed by atoms with Crippen LogP contribution < -0.4 is 5.56 Å². The lowest BCUT2D eigenvalue weighted by Gasteiger charge is -2.47. The minimum atomic E-state index is -1.15. The number of amides is 1. The summed E-state index contributed by atoms with van der Waals surface area (Å²) < 4.78 is 6.44. The van der Waals surface area contributed by atoms with Crippen LogP contribution >= 0.6 is 0 Å². The molecule has 0 N–H and O–H groups in total. The molecule has 0 aliphatic carbocycles. The van der Waals surface area contributed by atoms with Crippen molar-refractivity contribution < 1.29 is 14.3 Å². The van der Waals surface area contributed by atoms with Crippen LogP contribution in [0.3, 0.4) is 0 Å². The number of piperidine rings is 1. The van der Waals surface area contributed by atoms with E-state index in [2.05, 4.69) is 17.0 Å². The Morgan fingerprint density at radius 3 is 2.57 bits per heavy atom. The molecule has 2 heterocycles. The molecule has 1 amide bonds. The average molecular weight is 412 g/mol. The van der Waals surface area contributed by atoms with Gasteiger partial charge in [0.1, 0.15) is 11.1 Å². The molecule has 0 saturated carbocycles. The highest BCUT2D eigenvalue weighted by Gasteiger charge is 2.49. The smallest absolute Gasteiger partial charge is 0.331 e. The van der Waals surface area contributed by atoms with Crippen molar-refractivity contribution >= 4 is 11.9 Å². The maximum absolute atomic E-state index is 13.3. The van der Waals surface area contributed by atoms with Gasteiger partial charge in [-0.3, -0.25) is 14.5 Å². The zero-order valence-corrected chi connectivity index (χ0v) is 18.0. The van der Waals surface area contributed by atoms with Crippen LogP contribution in [0.1, 0.15) is 35.7 Å². The van der Waals surface area contributed by atoms with E-state index in [-0.39, 0.29) is 17.2 Å². The molecule has 30 heavy (non-hydrogen) atoms. The molecule has 2 atom stereocenters. The highest BCUT2D eigenvalue weighted by Crippen LogP contribution is 2.33. The predicted molar refractivity (Wildman–Crippen MR) is 114 cm³/mol. The number of carbonyl (C=O) groups excluding carboxylic acids is 2. The van der Waals surface area contributed by atoms with Crippen molar-refractivity contribution in [2.45, 2.75) is 37.9 Å². The molecule has 1 aromatic heterocycles. The minimum absolute atomic E-state index is 0.0613. The fourth-order valence-electron chi connectivity index (χ4n) is 4.22. The summed E-state index contributed by atoms with van der Waals surface area (Å²) >= 11 is 0. The van der Waals surface area contributed by atoms with Gasteiger partial charge in [0.15, 0.2) is 0 Å². The zero-order chi connectivity index (χ0) is 21.9. The number of carbonyl (C=O) groups is 2. The van der Waals surface area contributed by atoms with E-state index in [1.807, 2.05) is 25.2 Å². The van der Waals surface area contributed by atoms with E-state index >= 15 is 0 Å². The molecular weight excluding hydrogens is 382 g/mol. The molecule has 1 fully saturated rings. The second kappa shape index (κ2) is 8.83. The van der Waals surface area contributed by atoms with E-state index in [1.54, 1.807) is 26.2 Å². The van der Waals surface area contributed by atoms with Crippen molar-refractivity contribution in [2.75, 3.05) is 20.7 Å². The summed E-state index contributed by atoms with van der Waals surface area (Å²) in [6.45, 7) is 2.84.